The normalized spacial score (nSPS) is 16.5. The first-order valence-corrected chi connectivity index (χ1v) is 8.57. The van der Waals surface area contributed by atoms with E-state index in [0.717, 1.165) is 30.5 Å². The molecule has 128 valence electrons. The van der Waals surface area contributed by atoms with E-state index in [4.69, 9.17) is 0 Å². The molecule has 0 spiro atoms. The van der Waals surface area contributed by atoms with Gasteiger partial charge in [0.15, 0.2) is 0 Å². The molecule has 3 aromatic rings. The Labute approximate surface area is 146 Å². The standard InChI is InChI=1S/C19H21N5O/c1-12-6-13(2)8-15(7-12)24-18-5-3-4-17(16(18)11-22-24)23-19(25)14-9-20-21-10-14/h6-11,17H,3-5H2,1-2H3,(H,20,21)(H,23,25)/t17-/m0/s1. The molecule has 0 aliphatic heterocycles. The third-order valence-electron chi connectivity index (χ3n) is 4.70. The van der Waals surface area contributed by atoms with Gasteiger partial charge < -0.3 is 5.32 Å². The molecule has 0 fully saturated rings. The number of rotatable bonds is 3. The summed E-state index contributed by atoms with van der Waals surface area (Å²) in [6.07, 6.45) is 7.97. The molecule has 6 heteroatoms. The van der Waals surface area contributed by atoms with Crippen LogP contribution < -0.4 is 5.32 Å². The lowest BCUT2D eigenvalue weighted by Crippen LogP contribution is -2.30. The molecule has 1 aliphatic rings. The predicted octanol–water partition coefficient (Wildman–Crippen LogP) is 3.02. The molecular weight excluding hydrogens is 314 g/mol. The van der Waals surface area contributed by atoms with Crippen LogP contribution in [0.1, 0.15) is 51.6 Å². The molecule has 1 amide bonds. The summed E-state index contributed by atoms with van der Waals surface area (Å²) in [6, 6.07) is 6.45. The van der Waals surface area contributed by atoms with Crippen LogP contribution in [-0.2, 0) is 6.42 Å². The molecule has 0 bridgehead atoms. The number of aromatic amines is 1. The lowest BCUT2D eigenvalue weighted by Gasteiger charge is -2.24. The number of hydrogen-bond acceptors (Lipinski definition) is 3. The van der Waals surface area contributed by atoms with Gasteiger partial charge in [0.05, 0.1) is 29.7 Å². The van der Waals surface area contributed by atoms with E-state index in [2.05, 4.69) is 52.7 Å². The van der Waals surface area contributed by atoms with E-state index < -0.39 is 0 Å². The van der Waals surface area contributed by atoms with Crippen LogP contribution in [0.5, 0.6) is 0 Å². The van der Waals surface area contributed by atoms with E-state index in [0.29, 0.717) is 5.56 Å². The number of benzene rings is 1. The van der Waals surface area contributed by atoms with Gasteiger partial charge in [-0.2, -0.15) is 10.2 Å². The summed E-state index contributed by atoms with van der Waals surface area (Å²) < 4.78 is 2.02. The molecule has 0 radical (unpaired) electrons. The van der Waals surface area contributed by atoms with Crippen molar-refractivity contribution in [2.75, 3.05) is 0 Å². The number of fused-ring (bicyclic) bond motifs is 1. The van der Waals surface area contributed by atoms with E-state index in [1.54, 1.807) is 6.20 Å². The molecule has 0 saturated heterocycles. The van der Waals surface area contributed by atoms with Crippen LogP contribution in [0, 0.1) is 13.8 Å². The third kappa shape index (κ3) is 2.95. The van der Waals surface area contributed by atoms with Gasteiger partial charge in [0.1, 0.15) is 0 Å². The fraction of sp³-hybridized carbons (Fsp3) is 0.316. The minimum atomic E-state index is -0.106. The van der Waals surface area contributed by atoms with Crippen molar-refractivity contribution in [3.63, 3.8) is 0 Å². The second-order valence-corrected chi connectivity index (χ2v) is 6.71. The number of hydrogen-bond donors (Lipinski definition) is 2. The largest absolute Gasteiger partial charge is 0.345 e. The molecule has 4 rings (SSSR count). The number of carbonyl (C=O) groups is 1. The van der Waals surface area contributed by atoms with Gasteiger partial charge in [0, 0.05) is 17.5 Å². The molecule has 2 heterocycles. The van der Waals surface area contributed by atoms with Gasteiger partial charge in [-0.05, 0) is 56.4 Å². The molecule has 2 N–H and O–H groups in total. The maximum Gasteiger partial charge on any atom is 0.254 e. The van der Waals surface area contributed by atoms with Crippen LogP contribution in [0.15, 0.2) is 36.8 Å². The molecule has 1 aromatic carbocycles. The first-order chi connectivity index (χ1) is 12.1. The van der Waals surface area contributed by atoms with Gasteiger partial charge in [0.25, 0.3) is 5.91 Å². The summed E-state index contributed by atoms with van der Waals surface area (Å²) in [7, 11) is 0. The molecule has 0 unspecified atom stereocenters. The summed E-state index contributed by atoms with van der Waals surface area (Å²) in [5.74, 6) is -0.106. The average Bonchev–Trinajstić information content (AvgIpc) is 3.24. The maximum atomic E-state index is 12.4. The fourth-order valence-electron chi connectivity index (χ4n) is 3.62. The van der Waals surface area contributed by atoms with Crippen molar-refractivity contribution in [1.82, 2.24) is 25.3 Å². The van der Waals surface area contributed by atoms with Crippen molar-refractivity contribution >= 4 is 5.91 Å². The number of aromatic nitrogens is 4. The number of aryl methyl sites for hydroxylation is 2. The fourth-order valence-corrected chi connectivity index (χ4v) is 3.62. The highest BCUT2D eigenvalue weighted by molar-refractivity contribution is 5.93. The third-order valence-corrected chi connectivity index (χ3v) is 4.70. The van der Waals surface area contributed by atoms with Gasteiger partial charge >= 0.3 is 0 Å². The Morgan fingerprint density at radius 3 is 2.76 bits per heavy atom. The number of nitrogens with zero attached hydrogens (tertiary/aromatic N) is 3. The first-order valence-electron chi connectivity index (χ1n) is 8.57. The van der Waals surface area contributed by atoms with Gasteiger partial charge in [-0.25, -0.2) is 4.68 Å². The van der Waals surface area contributed by atoms with E-state index in [9.17, 15) is 4.79 Å². The topological polar surface area (TPSA) is 75.6 Å². The van der Waals surface area contributed by atoms with Gasteiger partial charge in [-0.3, -0.25) is 9.89 Å². The highest BCUT2D eigenvalue weighted by atomic mass is 16.1. The van der Waals surface area contributed by atoms with E-state index in [-0.39, 0.29) is 11.9 Å². The number of carbonyl (C=O) groups excluding carboxylic acids is 1. The summed E-state index contributed by atoms with van der Waals surface area (Å²) in [4.78, 5) is 12.4. The second kappa shape index (κ2) is 6.20. The van der Waals surface area contributed by atoms with Crippen LogP contribution >= 0.6 is 0 Å². The van der Waals surface area contributed by atoms with E-state index >= 15 is 0 Å². The first kappa shape index (κ1) is 15.6. The Balaban J connectivity index is 1.65. The zero-order valence-corrected chi connectivity index (χ0v) is 14.4. The van der Waals surface area contributed by atoms with Gasteiger partial charge in [-0.15, -0.1) is 0 Å². The monoisotopic (exact) mass is 335 g/mol. The zero-order chi connectivity index (χ0) is 17.4. The van der Waals surface area contributed by atoms with Crippen molar-refractivity contribution in [2.24, 2.45) is 0 Å². The number of nitrogens with one attached hydrogen (secondary N) is 2. The molecule has 1 aliphatic carbocycles. The summed E-state index contributed by atoms with van der Waals surface area (Å²) in [6.45, 7) is 4.20. The quantitative estimate of drug-likeness (QED) is 0.772. The highest BCUT2D eigenvalue weighted by Gasteiger charge is 2.26. The van der Waals surface area contributed by atoms with Crippen molar-refractivity contribution < 1.29 is 4.79 Å². The number of H-pyrrole nitrogens is 1. The summed E-state index contributed by atoms with van der Waals surface area (Å²) >= 11 is 0. The van der Waals surface area contributed by atoms with Crippen molar-refractivity contribution in [1.29, 1.82) is 0 Å². The Morgan fingerprint density at radius 1 is 1.24 bits per heavy atom. The van der Waals surface area contributed by atoms with Crippen molar-refractivity contribution in [3.05, 3.63) is 64.7 Å². The second-order valence-electron chi connectivity index (χ2n) is 6.71. The number of amides is 1. The Bertz CT molecular complexity index is 890. The van der Waals surface area contributed by atoms with Gasteiger partial charge in [0.2, 0.25) is 0 Å². The Hall–Kier alpha value is -2.89. The summed E-state index contributed by atoms with van der Waals surface area (Å²) in [5, 5.41) is 14.2. The molecule has 2 aromatic heterocycles. The molecule has 25 heavy (non-hydrogen) atoms. The van der Waals surface area contributed by atoms with E-state index in [1.165, 1.54) is 23.0 Å². The van der Waals surface area contributed by atoms with Crippen LogP contribution in [0.2, 0.25) is 0 Å². The van der Waals surface area contributed by atoms with Gasteiger partial charge in [-0.1, -0.05) is 6.07 Å². The maximum absolute atomic E-state index is 12.4. The lowest BCUT2D eigenvalue weighted by atomic mass is 9.92. The SMILES string of the molecule is Cc1cc(C)cc(-n2ncc3c2CCC[C@@H]3NC(=O)c2cn[nH]c2)c1. The van der Waals surface area contributed by atoms with E-state index in [1.807, 2.05) is 10.9 Å². The average molecular weight is 335 g/mol. The van der Waals surface area contributed by atoms with Crippen molar-refractivity contribution in [3.8, 4) is 5.69 Å². The molecule has 1 atom stereocenters. The van der Waals surface area contributed by atoms with Crippen LogP contribution in [0.25, 0.3) is 5.69 Å². The Morgan fingerprint density at radius 2 is 2.04 bits per heavy atom. The van der Waals surface area contributed by atoms with Crippen molar-refractivity contribution in [2.45, 2.75) is 39.2 Å². The predicted molar refractivity (Wildman–Crippen MR) is 94.8 cm³/mol. The molecule has 6 nitrogen and oxygen atoms in total. The minimum absolute atomic E-state index is 0.00851. The molecule has 0 saturated carbocycles. The van der Waals surface area contributed by atoms with Crippen LogP contribution in [-0.4, -0.2) is 25.9 Å². The lowest BCUT2D eigenvalue weighted by molar-refractivity contribution is 0.0933. The Kier molecular flexibility index (Phi) is 3.87. The summed E-state index contributed by atoms with van der Waals surface area (Å²) in [5.41, 5.74) is 6.38. The molecular formula is C19H21N5O. The van der Waals surface area contributed by atoms with Crippen LogP contribution in [0.3, 0.4) is 0 Å². The zero-order valence-electron chi connectivity index (χ0n) is 14.4. The highest BCUT2D eigenvalue weighted by Crippen LogP contribution is 2.31. The smallest absolute Gasteiger partial charge is 0.254 e. The minimum Gasteiger partial charge on any atom is -0.345 e. The van der Waals surface area contributed by atoms with Crippen LogP contribution in [0.4, 0.5) is 0 Å².